The van der Waals surface area contributed by atoms with Crippen LogP contribution < -0.4 is 5.32 Å². The van der Waals surface area contributed by atoms with Crippen molar-refractivity contribution in [2.24, 2.45) is 7.05 Å². The van der Waals surface area contributed by atoms with E-state index < -0.39 is 0 Å². The van der Waals surface area contributed by atoms with Crippen LogP contribution >= 0.6 is 0 Å². The molecule has 1 aliphatic carbocycles. The lowest BCUT2D eigenvalue weighted by Gasteiger charge is -2.00. The molecular formula is C11H15N5O. The van der Waals surface area contributed by atoms with Gasteiger partial charge in [0.25, 0.3) is 0 Å². The minimum absolute atomic E-state index is 0.450. The Morgan fingerprint density at radius 1 is 1.29 bits per heavy atom. The average molecular weight is 233 g/mol. The van der Waals surface area contributed by atoms with Gasteiger partial charge in [0.1, 0.15) is 0 Å². The van der Waals surface area contributed by atoms with Gasteiger partial charge >= 0.3 is 6.01 Å². The lowest BCUT2D eigenvalue weighted by Crippen LogP contribution is -1.95. The number of rotatable bonds is 3. The van der Waals surface area contributed by atoms with Crippen LogP contribution in [0.5, 0.6) is 0 Å². The molecule has 0 saturated heterocycles. The van der Waals surface area contributed by atoms with Gasteiger partial charge in [0.05, 0.1) is 17.1 Å². The van der Waals surface area contributed by atoms with E-state index in [9.17, 15) is 0 Å². The maximum atomic E-state index is 5.56. The molecule has 6 heteroatoms. The lowest BCUT2D eigenvalue weighted by molar-refractivity contribution is 0.511. The molecule has 2 aromatic heterocycles. The van der Waals surface area contributed by atoms with Gasteiger partial charge in [-0.15, -0.1) is 5.10 Å². The van der Waals surface area contributed by atoms with E-state index >= 15 is 0 Å². The summed E-state index contributed by atoms with van der Waals surface area (Å²) < 4.78 is 7.39. The fourth-order valence-electron chi connectivity index (χ4n) is 1.84. The monoisotopic (exact) mass is 233 g/mol. The predicted octanol–water partition coefficient (Wildman–Crippen LogP) is 2.04. The lowest BCUT2D eigenvalue weighted by atomic mass is 10.3. The maximum absolute atomic E-state index is 5.56. The van der Waals surface area contributed by atoms with Crippen LogP contribution in [0.4, 0.5) is 11.7 Å². The van der Waals surface area contributed by atoms with Crippen LogP contribution in [0.2, 0.25) is 0 Å². The summed E-state index contributed by atoms with van der Waals surface area (Å²) >= 11 is 0. The molecule has 1 saturated carbocycles. The number of anilines is 2. The van der Waals surface area contributed by atoms with E-state index in [-0.39, 0.29) is 0 Å². The molecule has 1 N–H and O–H groups in total. The van der Waals surface area contributed by atoms with Crippen LogP contribution in [0, 0.1) is 13.8 Å². The van der Waals surface area contributed by atoms with Crippen molar-refractivity contribution < 1.29 is 4.42 Å². The van der Waals surface area contributed by atoms with Gasteiger partial charge < -0.3 is 9.73 Å². The highest BCUT2D eigenvalue weighted by Gasteiger charge is 2.29. The van der Waals surface area contributed by atoms with Crippen molar-refractivity contribution in [1.29, 1.82) is 0 Å². The quantitative estimate of drug-likeness (QED) is 0.878. The molecule has 0 aromatic carbocycles. The molecule has 0 atom stereocenters. The summed E-state index contributed by atoms with van der Waals surface area (Å²) in [4.78, 5) is 0. The first-order valence-electron chi connectivity index (χ1n) is 5.76. The van der Waals surface area contributed by atoms with Gasteiger partial charge in [0.15, 0.2) is 0 Å². The maximum Gasteiger partial charge on any atom is 0.320 e. The highest BCUT2D eigenvalue weighted by molar-refractivity contribution is 5.58. The second-order valence-corrected chi connectivity index (χ2v) is 4.51. The van der Waals surface area contributed by atoms with E-state index in [2.05, 4.69) is 20.6 Å². The zero-order valence-corrected chi connectivity index (χ0v) is 10.2. The van der Waals surface area contributed by atoms with Gasteiger partial charge in [-0.1, -0.05) is 5.10 Å². The van der Waals surface area contributed by atoms with Gasteiger partial charge in [0.2, 0.25) is 5.89 Å². The van der Waals surface area contributed by atoms with Gasteiger partial charge in [-0.3, -0.25) is 4.68 Å². The second kappa shape index (κ2) is 3.58. The van der Waals surface area contributed by atoms with Gasteiger partial charge in [0, 0.05) is 13.0 Å². The van der Waals surface area contributed by atoms with Crippen LogP contribution in [0.15, 0.2) is 4.42 Å². The first-order chi connectivity index (χ1) is 8.15. The van der Waals surface area contributed by atoms with Crippen LogP contribution in [0.3, 0.4) is 0 Å². The molecule has 6 nitrogen and oxygen atoms in total. The summed E-state index contributed by atoms with van der Waals surface area (Å²) in [6.45, 7) is 3.95. The minimum atomic E-state index is 0.450. The summed E-state index contributed by atoms with van der Waals surface area (Å²) in [5.74, 6) is 1.22. The molecule has 0 spiro atoms. The van der Waals surface area contributed by atoms with E-state index in [1.165, 1.54) is 0 Å². The first-order valence-corrected chi connectivity index (χ1v) is 5.76. The van der Waals surface area contributed by atoms with Crippen molar-refractivity contribution in [3.63, 3.8) is 0 Å². The molecule has 1 aliphatic rings. The molecule has 3 rings (SSSR count). The zero-order chi connectivity index (χ0) is 12.0. The van der Waals surface area contributed by atoms with Crippen LogP contribution in [0.1, 0.15) is 36.0 Å². The molecule has 90 valence electrons. The topological polar surface area (TPSA) is 68.8 Å². The number of aryl methyl sites for hydroxylation is 2. The molecule has 0 radical (unpaired) electrons. The molecule has 1 fully saturated rings. The summed E-state index contributed by atoms with van der Waals surface area (Å²) in [6, 6.07) is 0.450. The average Bonchev–Trinajstić information content (AvgIpc) is 3.00. The number of hydrogen-bond donors (Lipinski definition) is 1. The summed E-state index contributed by atoms with van der Waals surface area (Å²) in [5.41, 5.74) is 2.92. The molecule has 0 amide bonds. The third-order valence-electron chi connectivity index (χ3n) is 3.11. The van der Waals surface area contributed by atoms with Gasteiger partial charge in [-0.2, -0.15) is 5.10 Å². The Hall–Kier alpha value is -1.85. The Bertz CT molecular complexity index is 552. The minimum Gasteiger partial charge on any atom is -0.408 e. The number of hydrogen-bond acceptors (Lipinski definition) is 5. The second-order valence-electron chi connectivity index (χ2n) is 4.51. The highest BCUT2D eigenvalue weighted by Crippen LogP contribution is 2.39. The van der Waals surface area contributed by atoms with Crippen LogP contribution in [-0.2, 0) is 7.05 Å². The molecule has 2 aromatic rings. The van der Waals surface area contributed by atoms with E-state index in [4.69, 9.17) is 4.42 Å². The van der Waals surface area contributed by atoms with E-state index in [0.29, 0.717) is 11.9 Å². The van der Waals surface area contributed by atoms with Crippen molar-refractivity contribution in [2.75, 3.05) is 5.32 Å². The Morgan fingerprint density at radius 3 is 2.65 bits per heavy atom. The first kappa shape index (κ1) is 10.3. The van der Waals surface area contributed by atoms with Crippen molar-refractivity contribution >= 4 is 11.7 Å². The van der Waals surface area contributed by atoms with E-state index in [1.54, 1.807) is 0 Å². The normalized spacial score (nSPS) is 15.2. The Labute approximate surface area is 99.0 Å². The van der Waals surface area contributed by atoms with Crippen molar-refractivity contribution in [1.82, 2.24) is 20.0 Å². The van der Waals surface area contributed by atoms with Crippen molar-refractivity contribution in [3.8, 4) is 0 Å². The molecular weight excluding hydrogens is 218 g/mol. The number of aromatic nitrogens is 4. The molecule has 2 heterocycles. The predicted molar refractivity (Wildman–Crippen MR) is 62.2 cm³/mol. The number of nitrogens with one attached hydrogen (secondary N) is 1. The van der Waals surface area contributed by atoms with Crippen LogP contribution in [0.25, 0.3) is 0 Å². The van der Waals surface area contributed by atoms with Gasteiger partial charge in [-0.05, 0) is 26.7 Å². The summed E-state index contributed by atoms with van der Waals surface area (Å²) in [5, 5.41) is 15.5. The zero-order valence-electron chi connectivity index (χ0n) is 10.2. The van der Waals surface area contributed by atoms with Crippen LogP contribution in [-0.4, -0.2) is 20.0 Å². The van der Waals surface area contributed by atoms with E-state index in [0.717, 1.165) is 35.8 Å². The third kappa shape index (κ3) is 1.79. The fourth-order valence-corrected chi connectivity index (χ4v) is 1.84. The molecule has 17 heavy (non-hydrogen) atoms. The molecule has 0 aliphatic heterocycles. The molecule has 0 bridgehead atoms. The Kier molecular flexibility index (Phi) is 2.17. The van der Waals surface area contributed by atoms with Crippen molar-refractivity contribution in [2.45, 2.75) is 32.6 Å². The Morgan fingerprint density at radius 2 is 2.06 bits per heavy atom. The van der Waals surface area contributed by atoms with Crippen molar-refractivity contribution in [3.05, 3.63) is 17.3 Å². The summed E-state index contributed by atoms with van der Waals surface area (Å²) in [7, 11) is 1.91. The number of nitrogens with zero attached hydrogens (tertiary/aromatic N) is 4. The smallest absolute Gasteiger partial charge is 0.320 e. The van der Waals surface area contributed by atoms with Gasteiger partial charge in [-0.25, -0.2) is 0 Å². The Balaban J connectivity index is 1.85. The highest BCUT2D eigenvalue weighted by atomic mass is 16.4. The SMILES string of the molecule is Cc1nn(C)c(C)c1Nc1nnc(C2CC2)o1. The molecule has 0 unspecified atom stereocenters. The third-order valence-corrected chi connectivity index (χ3v) is 3.11. The fraction of sp³-hybridized carbons (Fsp3) is 0.545. The summed E-state index contributed by atoms with van der Waals surface area (Å²) in [6.07, 6.45) is 2.32. The van der Waals surface area contributed by atoms with E-state index in [1.807, 2.05) is 25.6 Å². The standard InChI is InChI=1S/C11H15N5O/c1-6-9(7(2)16(3)15-6)12-11-14-13-10(17-11)8-4-5-8/h8H,4-5H2,1-3H3,(H,12,14). The largest absolute Gasteiger partial charge is 0.408 e.